The molecule has 20 heavy (non-hydrogen) atoms. The first-order chi connectivity index (χ1) is 9.58. The predicted molar refractivity (Wildman–Crippen MR) is 78.8 cm³/mol. The molecule has 1 amide bonds. The lowest BCUT2D eigenvalue weighted by atomic mass is 10.1. The second kappa shape index (κ2) is 6.59. The van der Waals surface area contributed by atoms with Crippen LogP contribution in [0.15, 0.2) is 35.9 Å². The molecule has 1 aliphatic rings. The van der Waals surface area contributed by atoms with Crippen molar-refractivity contribution in [1.82, 2.24) is 5.32 Å². The number of nitrogens with one attached hydrogen (secondary N) is 1. The number of carbonyl (C=O) groups excluding carboxylic acids is 1. The molecular weight excluding hydrogens is 278 g/mol. The third-order valence-electron chi connectivity index (χ3n) is 2.82. The summed E-state index contributed by atoms with van der Waals surface area (Å²) in [4.78, 5) is 11.6. The molecule has 0 aliphatic carbocycles. The second-order valence-electron chi connectivity index (χ2n) is 4.62. The highest BCUT2D eigenvalue weighted by atomic mass is 35.5. The van der Waals surface area contributed by atoms with Crippen LogP contribution in [0.3, 0.4) is 0 Å². The first-order valence-electron chi connectivity index (χ1n) is 6.31. The first-order valence-corrected chi connectivity index (χ1v) is 6.68. The quantitative estimate of drug-likeness (QED) is 0.837. The van der Waals surface area contributed by atoms with Crippen molar-refractivity contribution in [3.63, 3.8) is 0 Å². The van der Waals surface area contributed by atoms with Crippen LogP contribution in [-0.2, 0) is 4.79 Å². The number of aliphatic hydroxyl groups is 1. The summed E-state index contributed by atoms with van der Waals surface area (Å²) in [6, 6.07) is 5.16. The van der Waals surface area contributed by atoms with Gasteiger partial charge < -0.3 is 15.2 Å². The fourth-order valence-electron chi connectivity index (χ4n) is 1.78. The van der Waals surface area contributed by atoms with Crippen molar-refractivity contribution >= 4 is 23.6 Å². The van der Waals surface area contributed by atoms with Gasteiger partial charge in [0.05, 0.1) is 6.61 Å². The number of halogens is 1. The third kappa shape index (κ3) is 3.85. The number of ether oxygens (including phenoxy) is 1. The van der Waals surface area contributed by atoms with Gasteiger partial charge >= 0.3 is 0 Å². The molecule has 0 bridgehead atoms. The number of rotatable bonds is 4. The van der Waals surface area contributed by atoms with E-state index in [0.717, 1.165) is 16.9 Å². The van der Waals surface area contributed by atoms with Crippen LogP contribution >= 0.6 is 11.6 Å². The number of benzene rings is 1. The Bertz CT molecular complexity index is 566. The molecule has 1 aliphatic heterocycles. The molecule has 106 valence electrons. The maximum atomic E-state index is 11.6. The molecule has 0 fully saturated rings. The molecule has 0 radical (unpaired) electrons. The van der Waals surface area contributed by atoms with Crippen molar-refractivity contribution in [3.8, 4) is 5.75 Å². The van der Waals surface area contributed by atoms with Gasteiger partial charge in [0, 0.05) is 22.7 Å². The zero-order chi connectivity index (χ0) is 14.5. The molecule has 4 nitrogen and oxygen atoms in total. The minimum absolute atomic E-state index is 0.0860. The Labute approximate surface area is 122 Å². The van der Waals surface area contributed by atoms with E-state index in [4.69, 9.17) is 21.4 Å². The van der Waals surface area contributed by atoms with Crippen LogP contribution in [0.4, 0.5) is 0 Å². The van der Waals surface area contributed by atoms with E-state index >= 15 is 0 Å². The zero-order valence-electron chi connectivity index (χ0n) is 11.1. The highest BCUT2D eigenvalue weighted by Crippen LogP contribution is 2.29. The lowest BCUT2D eigenvalue weighted by molar-refractivity contribution is -0.117. The Morgan fingerprint density at radius 3 is 3.15 bits per heavy atom. The summed E-state index contributed by atoms with van der Waals surface area (Å²) in [6.07, 6.45) is 5.06. The maximum absolute atomic E-state index is 11.6. The van der Waals surface area contributed by atoms with E-state index in [1.54, 1.807) is 19.1 Å². The highest BCUT2D eigenvalue weighted by Gasteiger charge is 2.10. The molecule has 0 saturated carbocycles. The Kier molecular flexibility index (Phi) is 4.82. The summed E-state index contributed by atoms with van der Waals surface area (Å²) in [7, 11) is 0. The van der Waals surface area contributed by atoms with Crippen LogP contribution < -0.4 is 10.1 Å². The van der Waals surface area contributed by atoms with Gasteiger partial charge in [-0.15, -0.1) is 0 Å². The maximum Gasteiger partial charge on any atom is 0.244 e. The van der Waals surface area contributed by atoms with Crippen LogP contribution in [0, 0.1) is 0 Å². The minimum Gasteiger partial charge on any atom is -0.488 e. The predicted octanol–water partition coefficient (Wildman–Crippen LogP) is 2.17. The van der Waals surface area contributed by atoms with Gasteiger partial charge in [0.2, 0.25) is 5.91 Å². The topological polar surface area (TPSA) is 58.6 Å². The molecule has 0 saturated heterocycles. The average Bonchev–Trinajstić information content (AvgIpc) is 2.44. The van der Waals surface area contributed by atoms with Crippen molar-refractivity contribution in [2.75, 3.05) is 13.2 Å². The van der Waals surface area contributed by atoms with Crippen LogP contribution in [0.1, 0.15) is 12.5 Å². The first kappa shape index (κ1) is 14.6. The fraction of sp³-hybridized carbons (Fsp3) is 0.267. The summed E-state index contributed by atoms with van der Waals surface area (Å²) < 4.78 is 5.58. The van der Waals surface area contributed by atoms with Crippen LogP contribution in [-0.4, -0.2) is 30.3 Å². The summed E-state index contributed by atoms with van der Waals surface area (Å²) in [6.45, 7) is 2.05. The van der Waals surface area contributed by atoms with E-state index in [9.17, 15) is 4.79 Å². The Morgan fingerprint density at radius 2 is 2.40 bits per heavy atom. The van der Waals surface area contributed by atoms with E-state index in [1.165, 1.54) is 6.08 Å². The van der Waals surface area contributed by atoms with Gasteiger partial charge in [0.25, 0.3) is 0 Å². The summed E-state index contributed by atoms with van der Waals surface area (Å²) in [5, 5.41) is 12.1. The fourth-order valence-corrected chi connectivity index (χ4v) is 1.96. The smallest absolute Gasteiger partial charge is 0.244 e. The Morgan fingerprint density at radius 1 is 1.60 bits per heavy atom. The van der Waals surface area contributed by atoms with Crippen molar-refractivity contribution < 1.29 is 14.6 Å². The second-order valence-corrected chi connectivity index (χ2v) is 5.05. The Hall–Kier alpha value is -1.78. The van der Waals surface area contributed by atoms with Gasteiger partial charge in [0.1, 0.15) is 12.4 Å². The third-order valence-corrected chi connectivity index (χ3v) is 3.05. The van der Waals surface area contributed by atoms with Crippen molar-refractivity contribution in [2.45, 2.75) is 13.0 Å². The van der Waals surface area contributed by atoms with Crippen LogP contribution in [0.25, 0.3) is 6.08 Å². The van der Waals surface area contributed by atoms with E-state index in [2.05, 4.69) is 5.32 Å². The molecule has 1 heterocycles. The van der Waals surface area contributed by atoms with Crippen LogP contribution in [0.5, 0.6) is 5.75 Å². The molecule has 0 spiro atoms. The van der Waals surface area contributed by atoms with E-state index in [0.29, 0.717) is 11.6 Å². The number of fused-ring (bicyclic) bond motifs is 1. The van der Waals surface area contributed by atoms with E-state index in [-0.39, 0.29) is 18.6 Å². The monoisotopic (exact) mass is 293 g/mol. The standard InChI is InChI=1S/C15H16ClNO3/c1-10(8-18)17-15(19)5-2-11-6-12-7-13(16)3-4-14(12)20-9-11/h2-7,10,18H,8-9H2,1H3,(H,17,19)/b5-2+/t10-/m0/s1. The van der Waals surface area contributed by atoms with Gasteiger partial charge in [-0.05, 0) is 36.8 Å². The van der Waals surface area contributed by atoms with Gasteiger partial charge in [-0.2, -0.15) is 0 Å². The number of carbonyl (C=O) groups is 1. The molecule has 1 aromatic carbocycles. The van der Waals surface area contributed by atoms with Crippen molar-refractivity contribution in [1.29, 1.82) is 0 Å². The molecule has 2 N–H and O–H groups in total. The largest absolute Gasteiger partial charge is 0.488 e. The van der Waals surface area contributed by atoms with E-state index in [1.807, 2.05) is 18.2 Å². The van der Waals surface area contributed by atoms with Gasteiger partial charge in [-0.25, -0.2) is 0 Å². The summed E-state index contributed by atoms with van der Waals surface area (Å²) in [5.41, 5.74) is 1.78. The summed E-state index contributed by atoms with van der Waals surface area (Å²) >= 11 is 5.93. The van der Waals surface area contributed by atoms with Crippen LogP contribution in [0.2, 0.25) is 5.02 Å². The highest BCUT2D eigenvalue weighted by molar-refractivity contribution is 6.30. The van der Waals surface area contributed by atoms with Gasteiger partial charge in [-0.1, -0.05) is 17.7 Å². The lowest BCUT2D eigenvalue weighted by Crippen LogP contribution is -2.33. The molecule has 5 heteroatoms. The van der Waals surface area contributed by atoms with Gasteiger partial charge in [0.15, 0.2) is 0 Å². The van der Waals surface area contributed by atoms with Gasteiger partial charge in [-0.3, -0.25) is 4.79 Å². The molecular formula is C15H16ClNO3. The number of hydrogen-bond acceptors (Lipinski definition) is 3. The molecule has 2 rings (SSSR count). The Balaban J connectivity index is 2.06. The van der Waals surface area contributed by atoms with E-state index < -0.39 is 0 Å². The number of amides is 1. The SMILES string of the molecule is C[C@@H](CO)NC(=O)/C=C/C1=Cc2cc(Cl)ccc2OC1. The minimum atomic E-state index is -0.261. The lowest BCUT2D eigenvalue weighted by Gasteiger charge is -2.16. The molecule has 0 unspecified atom stereocenters. The van der Waals surface area contributed by atoms with Crippen molar-refractivity contribution in [2.24, 2.45) is 0 Å². The molecule has 0 aromatic heterocycles. The molecule has 1 atom stereocenters. The number of aliphatic hydroxyl groups excluding tert-OH is 1. The average molecular weight is 294 g/mol. The van der Waals surface area contributed by atoms with Crippen molar-refractivity contribution in [3.05, 3.63) is 46.5 Å². The zero-order valence-corrected chi connectivity index (χ0v) is 11.9. The number of hydrogen-bond donors (Lipinski definition) is 2. The normalized spacial score (nSPS) is 15.2. The molecule has 1 aromatic rings. The summed E-state index contributed by atoms with van der Waals surface area (Å²) in [5.74, 6) is 0.536.